The van der Waals surface area contributed by atoms with Crippen molar-refractivity contribution in [3.63, 3.8) is 0 Å². The van der Waals surface area contributed by atoms with Crippen molar-refractivity contribution in [3.8, 4) is 0 Å². The van der Waals surface area contributed by atoms with Gasteiger partial charge in [-0.2, -0.15) is 4.31 Å². The lowest BCUT2D eigenvalue weighted by molar-refractivity contribution is 0.383. The van der Waals surface area contributed by atoms with Crippen LogP contribution in [-0.2, 0) is 17.1 Å². The van der Waals surface area contributed by atoms with Gasteiger partial charge in [0.05, 0.1) is 23.4 Å². The van der Waals surface area contributed by atoms with Crippen molar-refractivity contribution >= 4 is 26.6 Å². The van der Waals surface area contributed by atoms with E-state index < -0.39 is 10.0 Å². The smallest absolute Gasteiger partial charge is 0.260 e. The van der Waals surface area contributed by atoms with E-state index in [1.54, 1.807) is 13.1 Å². The van der Waals surface area contributed by atoms with Crippen LogP contribution in [0.2, 0.25) is 0 Å². The fraction of sp³-hybridized carbons (Fsp3) is 0.312. The van der Waals surface area contributed by atoms with Gasteiger partial charge in [0.1, 0.15) is 11.2 Å². The maximum absolute atomic E-state index is 12.5. The molecule has 0 spiro atoms. The minimum absolute atomic E-state index is 0.0664. The first-order valence-corrected chi connectivity index (χ1v) is 9.51. The van der Waals surface area contributed by atoms with Crippen molar-refractivity contribution < 1.29 is 12.9 Å². The van der Waals surface area contributed by atoms with Crippen molar-refractivity contribution in [2.75, 3.05) is 31.1 Å². The minimum Gasteiger partial charge on any atom is -0.369 e. The highest BCUT2D eigenvalue weighted by Crippen LogP contribution is 2.23. The molecule has 9 nitrogen and oxygen atoms in total. The molecular weight excluding hydrogens is 358 g/mol. The van der Waals surface area contributed by atoms with E-state index in [9.17, 15) is 13.2 Å². The number of fused-ring (bicyclic) bond motifs is 1. The van der Waals surface area contributed by atoms with Crippen LogP contribution in [0, 0.1) is 0 Å². The van der Waals surface area contributed by atoms with Gasteiger partial charge in [0.2, 0.25) is 10.0 Å². The molecule has 1 aliphatic heterocycles. The Morgan fingerprint density at radius 1 is 1.15 bits per heavy atom. The molecule has 0 bridgehead atoms. The Bertz CT molecular complexity index is 1100. The maximum atomic E-state index is 12.5. The number of hydrogen-bond acceptors (Lipinski definition) is 7. The molecule has 1 aromatic carbocycles. The van der Waals surface area contributed by atoms with Crippen molar-refractivity contribution in [1.82, 2.24) is 19.0 Å². The van der Waals surface area contributed by atoms with Gasteiger partial charge in [-0.1, -0.05) is 5.16 Å². The van der Waals surface area contributed by atoms with Gasteiger partial charge in [-0.15, -0.1) is 0 Å². The SMILES string of the molecule is Cn1cnc2cc(N3CCN(S(=O)(=O)c4cnoc4)CC3)ccc2c1=O. The highest BCUT2D eigenvalue weighted by atomic mass is 32.2. The molecule has 0 N–H and O–H groups in total. The first-order valence-electron chi connectivity index (χ1n) is 8.07. The molecule has 0 saturated carbocycles. The molecule has 3 heterocycles. The second-order valence-electron chi connectivity index (χ2n) is 6.11. The average molecular weight is 375 g/mol. The van der Waals surface area contributed by atoms with E-state index in [2.05, 4.69) is 19.6 Å². The van der Waals surface area contributed by atoms with Crippen molar-refractivity contribution in [2.45, 2.75) is 4.90 Å². The summed E-state index contributed by atoms with van der Waals surface area (Å²) in [5.74, 6) is 0. The molecule has 4 rings (SSSR count). The number of piperazine rings is 1. The summed E-state index contributed by atoms with van der Waals surface area (Å²) in [7, 11) is -1.91. The van der Waals surface area contributed by atoms with Crippen LogP contribution in [0.25, 0.3) is 10.9 Å². The molecule has 136 valence electrons. The lowest BCUT2D eigenvalue weighted by atomic mass is 10.2. The lowest BCUT2D eigenvalue weighted by Gasteiger charge is -2.35. The highest BCUT2D eigenvalue weighted by molar-refractivity contribution is 7.89. The highest BCUT2D eigenvalue weighted by Gasteiger charge is 2.29. The van der Waals surface area contributed by atoms with Crippen LogP contribution in [-0.4, -0.2) is 53.6 Å². The zero-order valence-corrected chi connectivity index (χ0v) is 14.9. The monoisotopic (exact) mass is 375 g/mol. The van der Waals surface area contributed by atoms with E-state index in [1.165, 1.54) is 21.4 Å². The Kier molecular flexibility index (Phi) is 4.00. The number of sulfonamides is 1. The predicted molar refractivity (Wildman–Crippen MR) is 94.5 cm³/mol. The molecule has 0 amide bonds. The quantitative estimate of drug-likeness (QED) is 0.654. The fourth-order valence-electron chi connectivity index (χ4n) is 3.05. The van der Waals surface area contributed by atoms with Crippen molar-refractivity contribution in [1.29, 1.82) is 0 Å². The zero-order valence-electron chi connectivity index (χ0n) is 14.1. The number of benzene rings is 1. The van der Waals surface area contributed by atoms with Gasteiger partial charge in [-0.3, -0.25) is 4.79 Å². The summed E-state index contributed by atoms with van der Waals surface area (Å²) in [5, 5.41) is 4.03. The maximum Gasteiger partial charge on any atom is 0.260 e. The summed E-state index contributed by atoms with van der Waals surface area (Å²) in [6, 6.07) is 5.50. The van der Waals surface area contributed by atoms with Gasteiger partial charge < -0.3 is 14.0 Å². The molecule has 1 aliphatic rings. The number of anilines is 1. The molecule has 0 radical (unpaired) electrons. The second kappa shape index (κ2) is 6.22. The molecule has 0 unspecified atom stereocenters. The summed E-state index contributed by atoms with van der Waals surface area (Å²) in [5.41, 5.74) is 1.46. The summed E-state index contributed by atoms with van der Waals surface area (Å²) in [4.78, 5) is 18.6. The molecule has 26 heavy (non-hydrogen) atoms. The van der Waals surface area contributed by atoms with Crippen LogP contribution in [0.3, 0.4) is 0 Å². The largest absolute Gasteiger partial charge is 0.369 e. The van der Waals surface area contributed by atoms with Crippen LogP contribution in [0.4, 0.5) is 5.69 Å². The number of aryl methyl sites for hydroxylation is 1. The van der Waals surface area contributed by atoms with Crippen molar-refractivity contribution in [3.05, 3.63) is 47.3 Å². The topological polar surface area (TPSA) is 102 Å². The summed E-state index contributed by atoms with van der Waals surface area (Å²) >= 11 is 0. The van der Waals surface area contributed by atoms with E-state index in [0.29, 0.717) is 37.1 Å². The van der Waals surface area contributed by atoms with Gasteiger partial charge in [-0.05, 0) is 18.2 Å². The molecule has 0 aliphatic carbocycles. The van der Waals surface area contributed by atoms with E-state index in [0.717, 1.165) is 12.0 Å². The minimum atomic E-state index is -3.58. The molecule has 3 aromatic rings. The van der Waals surface area contributed by atoms with Crippen LogP contribution in [0.1, 0.15) is 0 Å². The number of rotatable bonds is 3. The van der Waals surface area contributed by atoms with Crippen LogP contribution < -0.4 is 10.5 Å². The standard InChI is InChI=1S/C16H17N5O4S/c1-19-11-17-15-8-12(2-3-14(15)16(19)22)20-4-6-21(7-5-20)26(23,24)13-9-18-25-10-13/h2-3,8-11H,4-7H2,1H3. The van der Waals surface area contributed by atoms with Gasteiger partial charge in [0, 0.05) is 38.9 Å². The molecule has 10 heteroatoms. The Hall–Kier alpha value is -2.72. The van der Waals surface area contributed by atoms with E-state index in [1.807, 2.05) is 12.1 Å². The van der Waals surface area contributed by atoms with Gasteiger partial charge in [0.15, 0.2) is 0 Å². The second-order valence-corrected chi connectivity index (χ2v) is 8.05. The Balaban J connectivity index is 1.54. The lowest BCUT2D eigenvalue weighted by Crippen LogP contribution is -2.48. The Morgan fingerprint density at radius 2 is 1.92 bits per heavy atom. The van der Waals surface area contributed by atoms with Crippen LogP contribution in [0.5, 0.6) is 0 Å². The van der Waals surface area contributed by atoms with E-state index in [-0.39, 0.29) is 10.5 Å². The molecular formula is C16H17N5O4S. The zero-order chi connectivity index (χ0) is 18.3. The third kappa shape index (κ3) is 2.76. The van der Waals surface area contributed by atoms with E-state index >= 15 is 0 Å². The first kappa shape index (κ1) is 16.7. The Morgan fingerprint density at radius 3 is 2.62 bits per heavy atom. The number of nitrogens with zero attached hydrogens (tertiary/aromatic N) is 5. The van der Waals surface area contributed by atoms with Crippen LogP contribution >= 0.6 is 0 Å². The molecule has 1 saturated heterocycles. The third-order valence-electron chi connectivity index (χ3n) is 4.55. The first-order chi connectivity index (χ1) is 12.5. The van der Waals surface area contributed by atoms with Crippen LogP contribution in [0.15, 0.2) is 51.2 Å². The number of aromatic nitrogens is 3. The summed E-state index contributed by atoms with van der Waals surface area (Å²) in [6.45, 7) is 1.80. The van der Waals surface area contributed by atoms with Gasteiger partial charge >= 0.3 is 0 Å². The summed E-state index contributed by atoms with van der Waals surface area (Å²) in [6.07, 6.45) is 3.84. The van der Waals surface area contributed by atoms with Gasteiger partial charge in [-0.25, -0.2) is 13.4 Å². The van der Waals surface area contributed by atoms with E-state index in [4.69, 9.17) is 0 Å². The number of hydrogen-bond donors (Lipinski definition) is 0. The van der Waals surface area contributed by atoms with Crippen molar-refractivity contribution in [2.24, 2.45) is 7.05 Å². The van der Waals surface area contributed by atoms with Gasteiger partial charge in [0.25, 0.3) is 5.56 Å². The molecule has 1 fully saturated rings. The summed E-state index contributed by atoms with van der Waals surface area (Å²) < 4.78 is 32.5. The fourth-order valence-corrected chi connectivity index (χ4v) is 4.34. The molecule has 2 aromatic heterocycles. The Labute approximate surface area is 149 Å². The predicted octanol–water partition coefficient (Wildman–Crippen LogP) is 0.432. The third-order valence-corrected chi connectivity index (χ3v) is 6.40. The molecule has 0 atom stereocenters. The average Bonchev–Trinajstić information content (AvgIpc) is 3.20. The normalized spacial score (nSPS) is 16.3.